The molecule has 0 saturated carbocycles. The van der Waals surface area contributed by atoms with E-state index in [1.54, 1.807) is 0 Å². The second-order valence-corrected chi connectivity index (χ2v) is 3.91. The SMILES string of the molecule is CCC1COCCN1C(=O)CC(C)N.Cl. The van der Waals surface area contributed by atoms with Crippen LogP contribution in [-0.4, -0.2) is 42.6 Å². The zero-order valence-corrected chi connectivity index (χ0v) is 10.3. The molecule has 5 heteroatoms. The van der Waals surface area contributed by atoms with Crippen molar-refractivity contribution in [2.24, 2.45) is 5.73 Å². The minimum absolute atomic E-state index is 0. The van der Waals surface area contributed by atoms with Gasteiger partial charge < -0.3 is 15.4 Å². The van der Waals surface area contributed by atoms with Gasteiger partial charge in [0.15, 0.2) is 0 Å². The van der Waals surface area contributed by atoms with Gasteiger partial charge in [-0.15, -0.1) is 12.4 Å². The Morgan fingerprint density at radius 2 is 2.33 bits per heavy atom. The third-order valence-corrected chi connectivity index (χ3v) is 2.52. The lowest BCUT2D eigenvalue weighted by Gasteiger charge is -2.35. The minimum atomic E-state index is -0.0529. The average Bonchev–Trinajstić information content (AvgIpc) is 2.16. The van der Waals surface area contributed by atoms with Crippen molar-refractivity contribution in [2.75, 3.05) is 19.8 Å². The van der Waals surface area contributed by atoms with Gasteiger partial charge in [0, 0.05) is 19.0 Å². The zero-order valence-electron chi connectivity index (χ0n) is 9.44. The van der Waals surface area contributed by atoms with Crippen LogP contribution in [0.3, 0.4) is 0 Å². The molecule has 0 radical (unpaired) electrons. The Morgan fingerprint density at radius 3 is 2.87 bits per heavy atom. The maximum absolute atomic E-state index is 11.8. The van der Waals surface area contributed by atoms with Crippen LogP contribution in [0.25, 0.3) is 0 Å². The summed E-state index contributed by atoms with van der Waals surface area (Å²) in [5, 5.41) is 0. The molecule has 1 rings (SSSR count). The highest BCUT2D eigenvalue weighted by atomic mass is 35.5. The van der Waals surface area contributed by atoms with Gasteiger partial charge in [0.25, 0.3) is 0 Å². The van der Waals surface area contributed by atoms with Crippen molar-refractivity contribution in [1.29, 1.82) is 0 Å². The molecule has 1 saturated heterocycles. The van der Waals surface area contributed by atoms with Crippen molar-refractivity contribution in [2.45, 2.75) is 38.8 Å². The molecule has 0 aromatic heterocycles. The van der Waals surface area contributed by atoms with Gasteiger partial charge in [0.05, 0.1) is 19.3 Å². The lowest BCUT2D eigenvalue weighted by molar-refractivity contribution is -0.140. The van der Waals surface area contributed by atoms with Crippen molar-refractivity contribution < 1.29 is 9.53 Å². The predicted octanol–water partition coefficient (Wildman–Crippen LogP) is 0.783. The summed E-state index contributed by atoms with van der Waals surface area (Å²) < 4.78 is 5.33. The molecule has 0 spiro atoms. The van der Waals surface area contributed by atoms with Gasteiger partial charge in [0.2, 0.25) is 5.91 Å². The predicted molar refractivity (Wildman–Crippen MR) is 62.1 cm³/mol. The topological polar surface area (TPSA) is 55.6 Å². The van der Waals surface area contributed by atoms with Crippen LogP contribution in [0.4, 0.5) is 0 Å². The molecular formula is C10H21ClN2O2. The number of hydrogen-bond donors (Lipinski definition) is 1. The monoisotopic (exact) mass is 236 g/mol. The van der Waals surface area contributed by atoms with E-state index in [-0.39, 0.29) is 30.4 Å². The molecule has 1 amide bonds. The van der Waals surface area contributed by atoms with Gasteiger partial charge in [-0.3, -0.25) is 4.79 Å². The molecule has 90 valence electrons. The van der Waals surface area contributed by atoms with Gasteiger partial charge in [-0.1, -0.05) is 6.92 Å². The third-order valence-electron chi connectivity index (χ3n) is 2.52. The van der Waals surface area contributed by atoms with Gasteiger partial charge >= 0.3 is 0 Å². The van der Waals surface area contributed by atoms with Crippen LogP contribution in [0, 0.1) is 0 Å². The molecule has 0 bridgehead atoms. The van der Waals surface area contributed by atoms with Crippen LogP contribution >= 0.6 is 12.4 Å². The number of halogens is 1. The molecule has 2 N–H and O–H groups in total. The number of nitrogens with zero attached hydrogens (tertiary/aromatic N) is 1. The van der Waals surface area contributed by atoms with E-state index in [9.17, 15) is 4.79 Å². The summed E-state index contributed by atoms with van der Waals surface area (Å²) in [7, 11) is 0. The van der Waals surface area contributed by atoms with E-state index >= 15 is 0 Å². The molecule has 1 fully saturated rings. The maximum atomic E-state index is 11.8. The number of amides is 1. The fraction of sp³-hybridized carbons (Fsp3) is 0.900. The molecule has 0 aliphatic carbocycles. The Labute approximate surface area is 97.5 Å². The van der Waals surface area contributed by atoms with E-state index in [1.807, 2.05) is 11.8 Å². The van der Waals surface area contributed by atoms with Crippen molar-refractivity contribution >= 4 is 18.3 Å². The van der Waals surface area contributed by atoms with E-state index < -0.39 is 0 Å². The maximum Gasteiger partial charge on any atom is 0.224 e. The minimum Gasteiger partial charge on any atom is -0.377 e. The van der Waals surface area contributed by atoms with Gasteiger partial charge in [0.1, 0.15) is 0 Å². The smallest absolute Gasteiger partial charge is 0.224 e. The zero-order chi connectivity index (χ0) is 10.6. The van der Waals surface area contributed by atoms with E-state index in [0.717, 1.165) is 6.42 Å². The summed E-state index contributed by atoms with van der Waals surface area (Å²) in [5.41, 5.74) is 5.61. The molecule has 15 heavy (non-hydrogen) atoms. The fourth-order valence-corrected chi connectivity index (χ4v) is 1.71. The number of hydrogen-bond acceptors (Lipinski definition) is 3. The molecule has 1 heterocycles. The first-order valence-electron chi connectivity index (χ1n) is 5.28. The summed E-state index contributed by atoms with van der Waals surface area (Å²) in [5.74, 6) is 0.162. The van der Waals surface area contributed by atoms with Crippen LogP contribution < -0.4 is 5.73 Å². The second-order valence-electron chi connectivity index (χ2n) is 3.91. The van der Waals surface area contributed by atoms with Crippen LogP contribution in [0.1, 0.15) is 26.7 Å². The average molecular weight is 237 g/mol. The Balaban J connectivity index is 0.00000196. The van der Waals surface area contributed by atoms with Crippen LogP contribution in [0.5, 0.6) is 0 Å². The van der Waals surface area contributed by atoms with Gasteiger partial charge in [-0.05, 0) is 13.3 Å². The normalized spacial score (nSPS) is 23.1. The van der Waals surface area contributed by atoms with Gasteiger partial charge in [-0.2, -0.15) is 0 Å². The second kappa shape index (κ2) is 7.04. The molecule has 2 unspecified atom stereocenters. The molecule has 1 aliphatic rings. The first-order valence-corrected chi connectivity index (χ1v) is 5.28. The lowest BCUT2D eigenvalue weighted by Crippen LogP contribution is -2.49. The van der Waals surface area contributed by atoms with Crippen molar-refractivity contribution in [3.05, 3.63) is 0 Å². The van der Waals surface area contributed by atoms with Crippen LogP contribution in [0.15, 0.2) is 0 Å². The fourth-order valence-electron chi connectivity index (χ4n) is 1.71. The van der Waals surface area contributed by atoms with E-state index in [0.29, 0.717) is 26.2 Å². The summed E-state index contributed by atoms with van der Waals surface area (Å²) in [6.07, 6.45) is 1.39. The Morgan fingerprint density at radius 1 is 1.67 bits per heavy atom. The lowest BCUT2D eigenvalue weighted by atomic mass is 10.1. The van der Waals surface area contributed by atoms with Crippen molar-refractivity contribution in [3.8, 4) is 0 Å². The molecular weight excluding hydrogens is 216 g/mol. The van der Waals surface area contributed by atoms with E-state index in [2.05, 4.69) is 6.92 Å². The highest BCUT2D eigenvalue weighted by Gasteiger charge is 2.25. The highest BCUT2D eigenvalue weighted by molar-refractivity contribution is 5.85. The number of carbonyl (C=O) groups is 1. The third kappa shape index (κ3) is 4.36. The Bertz CT molecular complexity index is 200. The first-order chi connectivity index (χ1) is 6.65. The van der Waals surface area contributed by atoms with Crippen molar-refractivity contribution in [3.63, 3.8) is 0 Å². The summed E-state index contributed by atoms with van der Waals surface area (Å²) >= 11 is 0. The molecule has 0 aromatic carbocycles. The first kappa shape index (κ1) is 14.7. The summed E-state index contributed by atoms with van der Waals surface area (Å²) in [6.45, 7) is 5.97. The summed E-state index contributed by atoms with van der Waals surface area (Å²) in [4.78, 5) is 13.7. The quantitative estimate of drug-likeness (QED) is 0.788. The van der Waals surface area contributed by atoms with Crippen LogP contribution in [-0.2, 0) is 9.53 Å². The molecule has 2 atom stereocenters. The van der Waals surface area contributed by atoms with E-state index in [4.69, 9.17) is 10.5 Å². The standard InChI is InChI=1S/C10H20N2O2.ClH/c1-3-9-7-14-5-4-12(9)10(13)6-8(2)11;/h8-9H,3-7,11H2,1-2H3;1H. The number of carbonyl (C=O) groups excluding carboxylic acids is 1. The van der Waals surface area contributed by atoms with Gasteiger partial charge in [-0.25, -0.2) is 0 Å². The van der Waals surface area contributed by atoms with E-state index in [1.165, 1.54) is 0 Å². The Kier molecular flexibility index (Phi) is 6.89. The molecule has 0 aromatic rings. The largest absolute Gasteiger partial charge is 0.377 e. The number of rotatable bonds is 3. The number of nitrogens with two attached hydrogens (primary N) is 1. The number of ether oxygens (including phenoxy) is 1. The van der Waals surface area contributed by atoms with Crippen molar-refractivity contribution in [1.82, 2.24) is 4.90 Å². The molecule has 4 nitrogen and oxygen atoms in total. The Hall–Kier alpha value is -0.320. The summed E-state index contributed by atoms with van der Waals surface area (Å²) in [6, 6.07) is 0.192. The highest BCUT2D eigenvalue weighted by Crippen LogP contribution is 2.12. The van der Waals surface area contributed by atoms with Crippen LogP contribution in [0.2, 0.25) is 0 Å². The number of morpholine rings is 1. The molecule has 1 aliphatic heterocycles.